The molecule has 1 unspecified atom stereocenters. The molecule has 0 fully saturated rings. The van der Waals surface area contributed by atoms with Gasteiger partial charge in [-0.05, 0) is 12.5 Å². The summed E-state index contributed by atoms with van der Waals surface area (Å²) < 4.78 is 17.0. The topological polar surface area (TPSA) is 26.3 Å². The molecule has 1 aromatic rings. The maximum atomic E-state index is 12.3. The van der Waals surface area contributed by atoms with Crippen molar-refractivity contribution in [2.75, 3.05) is 0 Å². The minimum Gasteiger partial charge on any atom is -0.455 e. The Morgan fingerprint density at radius 1 is 1.43 bits per heavy atom. The van der Waals surface area contributed by atoms with Crippen molar-refractivity contribution in [1.29, 1.82) is 0 Å². The molecule has 0 saturated heterocycles. The van der Waals surface area contributed by atoms with E-state index in [0.29, 0.717) is 0 Å². The predicted molar refractivity (Wildman–Crippen MR) is 51.7 cm³/mol. The highest BCUT2D eigenvalue weighted by molar-refractivity contribution is 6.28. The Hall–Kier alpha value is -1.09. The Morgan fingerprint density at radius 3 is 2.50 bits per heavy atom. The summed E-state index contributed by atoms with van der Waals surface area (Å²) in [4.78, 5) is 10.8. The van der Waals surface area contributed by atoms with Gasteiger partial charge in [0.05, 0.1) is 0 Å². The molecular weight excluding hydrogens is 207 g/mol. The Bertz CT molecular complexity index is 300. The second-order valence-corrected chi connectivity index (χ2v) is 3.17. The third-order valence-corrected chi connectivity index (χ3v) is 1.92. The number of ether oxygens (including phenoxy) is 1. The Labute approximate surface area is 86.6 Å². The SMILES string of the molecule is C[C@@H](OC(=O)C(F)Cl)c1ccccc1. The van der Waals surface area contributed by atoms with E-state index in [0.717, 1.165) is 5.56 Å². The van der Waals surface area contributed by atoms with Gasteiger partial charge in [-0.25, -0.2) is 9.18 Å². The molecule has 1 rings (SSSR count). The van der Waals surface area contributed by atoms with E-state index in [1.54, 1.807) is 19.1 Å². The van der Waals surface area contributed by atoms with Gasteiger partial charge in [-0.3, -0.25) is 0 Å². The molecule has 0 radical (unpaired) electrons. The van der Waals surface area contributed by atoms with Crippen molar-refractivity contribution in [3.8, 4) is 0 Å². The molecule has 0 aliphatic carbocycles. The number of benzene rings is 1. The summed E-state index contributed by atoms with van der Waals surface area (Å²) in [6, 6.07) is 9.05. The molecule has 0 aliphatic heterocycles. The van der Waals surface area contributed by atoms with Crippen LogP contribution in [0.3, 0.4) is 0 Å². The minimum atomic E-state index is -2.10. The summed E-state index contributed by atoms with van der Waals surface area (Å²) in [5.41, 5.74) is -1.29. The van der Waals surface area contributed by atoms with Gasteiger partial charge in [0.15, 0.2) is 0 Å². The van der Waals surface area contributed by atoms with Crippen LogP contribution in [0.4, 0.5) is 4.39 Å². The lowest BCUT2D eigenvalue weighted by atomic mass is 10.1. The van der Waals surface area contributed by atoms with Gasteiger partial charge in [0.2, 0.25) is 0 Å². The lowest BCUT2D eigenvalue weighted by molar-refractivity contribution is -0.151. The van der Waals surface area contributed by atoms with Gasteiger partial charge in [-0.1, -0.05) is 41.9 Å². The number of halogens is 2. The number of carbonyl (C=O) groups is 1. The Balaban J connectivity index is 2.59. The van der Waals surface area contributed by atoms with Crippen LogP contribution < -0.4 is 0 Å². The van der Waals surface area contributed by atoms with Crippen molar-refractivity contribution in [2.24, 2.45) is 0 Å². The standard InChI is InChI=1S/C10H10ClFO2/c1-7(14-10(13)9(11)12)8-5-3-2-4-6-8/h2-7,9H,1H3/t7-,9?/m1/s1. The second kappa shape index (κ2) is 4.96. The van der Waals surface area contributed by atoms with Crippen molar-refractivity contribution in [3.63, 3.8) is 0 Å². The summed E-state index contributed by atoms with van der Waals surface area (Å²) in [6.07, 6.45) is -0.485. The van der Waals surface area contributed by atoms with Gasteiger partial charge in [0.1, 0.15) is 6.10 Å². The summed E-state index contributed by atoms with van der Waals surface area (Å²) >= 11 is 4.92. The van der Waals surface area contributed by atoms with E-state index in [4.69, 9.17) is 16.3 Å². The Morgan fingerprint density at radius 2 is 2.00 bits per heavy atom. The van der Waals surface area contributed by atoms with E-state index in [-0.39, 0.29) is 0 Å². The van der Waals surface area contributed by atoms with Crippen LogP contribution in [0.15, 0.2) is 30.3 Å². The molecule has 2 atom stereocenters. The molecule has 0 bridgehead atoms. The third kappa shape index (κ3) is 3.00. The van der Waals surface area contributed by atoms with Crippen LogP contribution in [-0.2, 0) is 9.53 Å². The summed E-state index contributed by atoms with van der Waals surface area (Å²) in [5, 5.41) is 0. The van der Waals surface area contributed by atoms with E-state index in [9.17, 15) is 9.18 Å². The van der Waals surface area contributed by atoms with Crippen LogP contribution in [0.5, 0.6) is 0 Å². The van der Waals surface area contributed by atoms with Crippen molar-refractivity contribution in [3.05, 3.63) is 35.9 Å². The average Bonchev–Trinajstić information content (AvgIpc) is 2.19. The number of hydrogen-bond acceptors (Lipinski definition) is 2. The number of carbonyl (C=O) groups excluding carboxylic acids is 1. The Kier molecular flexibility index (Phi) is 3.89. The number of hydrogen-bond donors (Lipinski definition) is 0. The first kappa shape index (κ1) is 11.0. The van der Waals surface area contributed by atoms with Crippen molar-refractivity contribution in [1.82, 2.24) is 0 Å². The molecule has 14 heavy (non-hydrogen) atoms. The highest BCUT2D eigenvalue weighted by atomic mass is 35.5. The molecule has 0 saturated carbocycles. The number of rotatable bonds is 3. The lowest BCUT2D eigenvalue weighted by Gasteiger charge is -2.13. The van der Waals surface area contributed by atoms with Gasteiger partial charge in [0, 0.05) is 0 Å². The van der Waals surface area contributed by atoms with Crippen molar-refractivity contribution >= 4 is 17.6 Å². The van der Waals surface area contributed by atoms with E-state index in [1.807, 2.05) is 18.2 Å². The summed E-state index contributed by atoms with van der Waals surface area (Å²) in [5.74, 6) is -1.05. The third-order valence-electron chi connectivity index (χ3n) is 1.74. The molecule has 1 aromatic carbocycles. The first-order chi connectivity index (χ1) is 6.61. The fourth-order valence-corrected chi connectivity index (χ4v) is 1.07. The van der Waals surface area contributed by atoms with Gasteiger partial charge in [-0.2, -0.15) is 0 Å². The van der Waals surface area contributed by atoms with E-state index in [2.05, 4.69) is 0 Å². The van der Waals surface area contributed by atoms with E-state index < -0.39 is 17.7 Å². The second-order valence-electron chi connectivity index (χ2n) is 2.79. The molecule has 76 valence electrons. The molecular formula is C10H10ClFO2. The monoisotopic (exact) mass is 216 g/mol. The van der Waals surface area contributed by atoms with Crippen LogP contribution in [-0.4, -0.2) is 11.6 Å². The smallest absolute Gasteiger partial charge is 0.357 e. The molecule has 0 aliphatic rings. The first-order valence-electron chi connectivity index (χ1n) is 4.15. The molecule has 0 heterocycles. The summed E-state index contributed by atoms with van der Waals surface area (Å²) in [7, 11) is 0. The quantitative estimate of drug-likeness (QED) is 0.574. The maximum Gasteiger partial charge on any atom is 0.357 e. The fraction of sp³-hybridized carbons (Fsp3) is 0.300. The van der Waals surface area contributed by atoms with Crippen LogP contribution in [0.25, 0.3) is 0 Å². The molecule has 0 aromatic heterocycles. The molecule has 4 heteroatoms. The van der Waals surface area contributed by atoms with Gasteiger partial charge < -0.3 is 4.74 Å². The fourth-order valence-electron chi connectivity index (χ4n) is 1.02. The average molecular weight is 217 g/mol. The zero-order valence-electron chi connectivity index (χ0n) is 7.61. The highest BCUT2D eigenvalue weighted by Crippen LogP contribution is 2.17. The van der Waals surface area contributed by atoms with Crippen LogP contribution >= 0.6 is 11.6 Å². The normalized spacial score (nSPS) is 14.5. The molecule has 0 amide bonds. The van der Waals surface area contributed by atoms with Gasteiger partial charge in [0.25, 0.3) is 5.63 Å². The van der Waals surface area contributed by atoms with Crippen LogP contribution in [0.2, 0.25) is 0 Å². The zero-order chi connectivity index (χ0) is 10.6. The largest absolute Gasteiger partial charge is 0.455 e. The van der Waals surface area contributed by atoms with E-state index in [1.165, 1.54) is 0 Å². The number of alkyl halides is 2. The predicted octanol–water partition coefficient (Wildman–Crippen LogP) is 2.83. The zero-order valence-corrected chi connectivity index (χ0v) is 8.37. The lowest BCUT2D eigenvalue weighted by Crippen LogP contribution is -2.15. The van der Waals surface area contributed by atoms with Crippen molar-refractivity contribution < 1.29 is 13.9 Å². The van der Waals surface area contributed by atoms with Crippen LogP contribution in [0.1, 0.15) is 18.6 Å². The van der Waals surface area contributed by atoms with Gasteiger partial charge >= 0.3 is 5.97 Å². The minimum absolute atomic E-state index is 0.485. The maximum absolute atomic E-state index is 12.3. The summed E-state index contributed by atoms with van der Waals surface area (Å²) in [6.45, 7) is 1.66. The highest BCUT2D eigenvalue weighted by Gasteiger charge is 2.18. The molecule has 0 spiro atoms. The van der Waals surface area contributed by atoms with Crippen LogP contribution in [0, 0.1) is 0 Å². The molecule has 2 nitrogen and oxygen atoms in total. The van der Waals surface area contributed by atoms with Crippen molar-refractivity contribution in [2.45, 2.75) is 18.7 Å². The number of esters is 1. The molecule has 0 N–H and O–H groups in total. The van der Waals surface area contributed by atoms with Gasteiger partial charge in [-0.15, -0.1) is 0 Å². The first-order valence-corrected chi connectivity index (χ1v) is 4.58. The van der Waals surface area contributed by atoms with E-state index >= 15 is 0 Å².